The van der Waals surface area contributed by atoms with Crippen LogP contribution in [-0.4, -0.2) is 35.6 Å². The van der Waals surface area contributed by atoms with Gasteiger partial charge in [-0.25, -0.2) is 4.39 Å². The molecule has 0 saturated carbocycles. The van der Waals surface area contributed by atoms with Crippen LogP contribution in [0.5, 0.6) is 11.5 Å². The summed E-state index contributed by atoms with van der Waals surface area (Å²) in [5, 5.41) is 20.5. The maximum Gasteiger partial charge on any atom is 0.197 e. The lowest BCUT2D eigenvalue weighted by molar-refractivity contribution is -0.0667. The zero-order chi connectivity index (χ0) is 21.2. The molecule has 158 valence electrons. The van der Waals surface area contributed by atoms with Crippen LogP contribution < -0.4 is 4.74 Å². The van der Waals surface area contributed by atoms with Crippen LogP contribution in [-0.2, 0) is 22.7 Å². The van der Waals surface area contributed by atoms with Crippen LogP contribution in [0.4, 0.5) is 4.39 Å². The number of benzene rings is 3. The molecule has 0 saturated heterocycles. The minimum absolute atomic E-state index is 0.0153. The van der Waals surface area contributed by atoms with Gasteiger partial charge in [0.05, 0.1) is 26.4 Å². The van der Waals surface area contributed by atoms with Crippen LogP contribution in [0, 0.1) is 5.82 Å². The molecule has 0 aliphatic rings. The Balaban J connectivity index is 1.61. The number of ether oxygens (including phenoxy) is 3. The summed E-state index contributed by atoms with van der Waals surface area (Å²) < 4.78 is 31.0. The first-order valence-electron chi connectivity index (χ1n) is 9.69. The quantitative estimate of drug-likeness (QED) is 0.497. The van der Waals surface area contributed by atoms with Crippen molar-refractivity contribution in [3.05, 3.63) is 95.8 Å². The molecule has 0 radical (unpaired) electrons. The fourth-order valence-electron chi connectivity index (χ4n) is 2.84. The molecular weight excluding hydrogens is 387 g/mol. The molecule has 0 bridgehead atoms. The van der Waals surface area contributed by atoms with E-state index >= 15 is 0 Å². The van der Waals surface area contributed by atoms with Crippen LogP contribution in [0.25, 0.3) is 0 Å². The largest absolute Gasteiger partial charge is 0.504 e. The Kier molecular flexibility index (Phi) is 8.20. The van der Waals surface area contributed by atoms with Crippen LogP contribution >= 0.6 is 0 Å². The van der Waals surface area contributed by atoms with E-state index < -0.39 is 18.0 Å². The average molecular weight is 412 g/mol. The van der Waals surface area contributed by atoms with Gasteiger partial charge in [0.25, 0.3) is 0 Å². The van der Waals surface area contributed by atoms with E-state index in [1.165, 1.54) is 18.2 Å². The summed E-state index contributed by atoms with van der Waals surface area (Å²) in [5.74, 6) is -1.39. The van der Waals surface area contributed by atoms with E-state index in [2.05, 4.69) is 0 Å². The molecule has 0 amide bonds. The van der Waals surface area contributed by atoms with Crippen molar-refractivity contribution in [2.75, 3.05) is 13.2 Å². The fourth-order valence-corrected chi connectivity index (χ4v) is 2.84. The summed E-state index contributed by atoms with van der Waals surface area (Å²) in [5.41, 5.74) is 1.93. The molecule has 2 atom stereocenters. The van der Waals surface area contributed by atoms with Gasteiger partial charge in [0.15, 0.2) is 23.4 Å². The van der Waals surface area contributed by atoms with Crippen molar-refractivity contribution in [1.82, 2.24) is 0 Å². The SMILES string of the molecule is Oc1cccc(F)c1O[C@H](COCc1ccccc1)[C@@H](O)COCc1ccccc1. The molecular formula is C24H25FO5. The molecule has 0 heterocycles. The maximum atomic E-state index is 14.1. The standard InChI is InChI=1S/C24H25FO5/c25-20-12-7-13-21(26)24(20)30-23(17-29-15-19-10-5-2-6-11-19)22(27)16-28-14-18-8-3-1-4-9-18/h1-13,22-23,26-27H,14-17H2/t22-,23+/m0/s1. The summed E-state index contributed by atoms with van der Waals surface area (Å²) in [6, 6.07) is 23.0. The highest BCUT2D eigenvalue weighted by molar-refractivity contribution is 5.39. The molecule has 0 unspecified atom stereocenters. The number of phenols is 1. The number of phenolic OH excluding ortho intramolecular Hbond substituents is 1. The molecule has 0 aromatic heterocycles. The third-order valence-corrected chi connectivity index (χ3v) is 4.44. The Hall–Kier alpha value is -2.93. The highest BCUT2D eigenvalue weighted by Gasteiger charge is 2.25. The Morgan fingerprint density at radius 1 is 0.733 bits per heavy atom. The molecule has 6 heteroatoms. The number of aromatic hydroxyl groups is 1. The van der Waals surface area contributed by atoms with Gasteiger partial charge in [0.2, 0.25) is 0 Å². The zero-order valence-corrected chi connectivity index (χ0v) is 16.5. The van der Waals surface area contributed by atoms with Crippen molar-refractivity contribution in [1.29, 1.82) is 0 Å². The molecule has 3 aromatic carbocycles. The predicted octanol–water partition coefficient (Wildman–Crippen LogP) is 4.07. The highest BCUT2D eigenvalue weighted by atomic mass is 19.1. The third kappa shape index (κ3) is 6.56. The molecule has 3 rings (SSSR count). The summed E-state index contributed by atoms with van der Waals surface area (Å²) >= 11 is 0. The molecule has 0 aliphatic carbocycles. The van der Waals surface area contributed by atoms with Gasteiger partial charge < -0.3 is 24.4 Å². The topological polar surface area (TPSA) is 68.2 Å². The number of rotatable bonds is 11. The summed E-state index contributed by atoms with van der Waals surface area (Å²) in [4.78, 5) is 0. The first-order chi connectivity index (χ1) is 14.6. The molecule has 3 aromatic rings. The summed E-state index contributed by atoms with van der Waals surface area (Å²) in [6.45, 7) is 0.573. The van der Waals surface area contributed by atoms with E-state index in [1.807, 2.05) is 60.7 Å². The van der Waals surface area contributed by atoms with Gasteiger partial charge >= 0.3 is 0 Å². The minimum Gasteiger partial charge on any atom is -0.504 e. The molecule has 0 fully saturated rings. The predicted molar refractivity (Wildman–Crippen MR) is 111 cm³/mol. The highest BCUT2D eigenvalue weighted by Crippen LogP contribution is 2.30. The Morgan fingerprint density at radius 3 is 1.87 bits per heavy atom. The van der Waals surface area contributed by atoms with E-state index in [9.17, 15) is 14.6 Å². The van der Waals surface area contributed by atoms with Crippen LogP contribution in [0.1, 0.15) is 11.1 Å². The van der Waals surface area contributed by atoms with E-state index in [0.717, 1.165) is 11.1 Å². The molecule has 2 N–H and O–H groups in total. The van der Waals surface area contributed by atoms with Crippen LogP contribution in [0.2, 0.25) is 0 Å². The van der Waals surface area contributed by atoms with Crippen molar-refractivity contribution < 1.29 is 28.8 Å². The van der Waals surface area contributed by atoms with Gasteiger partial charge in [-0.1, -0.05) is 66.7 Å². The van der Waals surface area contributed by atoms with Crippen LogP contribution in [0.15, 0.2) is 78.9 Å². The minimum atomic E-state index is -1.09. The second-order valence-corrected chi connectivity index (χ2v) is 6.81. The maximum absolute atomic E-state index is 14.1. The number of halogens is 1. The van der Waals surface area contributed by atoms with Crippen molar-refractivity contribution in [2.24, 2.45) is 0 Å². The Bertz CT molecular complexity index is 868. The monoisotopic (exact) mass is 412 g/mol. The smallest absolute Gasteiger partial charge is 0.197 e. The lowest BCUT2D eigenvalue weighted by atomic mass is 10.2. The number of para-hydroxylation sites is 1. The van der Waals surface area contributed by atoms with E-state index in [1.54, 1.807) is 0 Å². The van der Waals surface area contributed by atoms with Crippen molar-refractivity contribution in [3.63, 3.8) is 0 Å². The fraction of sp³-hybridized carbons (Fsp3) is 0.250. The number of aliphatic hydroxyl groups is 1. The third-order valence-electron chi connectivity index (χ3n) is 4.44. The Morgan fingerprint density at radius 2 is 1.30 bits per heavy atom. The van der Waals surface area contributed by atoms with E-state index in [-0.39, 0.29) is 24.7 Å². The van der Waals surface area contributed by atoms with Crippen molar-refractivity contribution in [2.45, 2.75) is 25.4 Å². The van der Waals surface area contributed by atoms with Gasteiger partial charge in [-0.3, -0.25) is 0 Å². The van der Waals surface area contributed by atoms with Crippen molar-refractivity contribution in [3.8, 4) is 11.5 Å². The van der Waals surface area contributed by atoms with E-state index in [4.69, 9.17) is 14.2 Å². The first-order valence-corrected chi connectivity index (χ1v) is 9.69. The lowest BCUT2D eigenvalue weighted by Crippen LogP contribution is -2.39. The van der Waals surface area contributed by atoms with Gasteiger partial charge in [-0.05, 0) is 23.3 Å². The number of hydrogen-bond donors (Lipinski definition) is 2. The second-order valence-electron chi connectivity index (χ2n) is 6.81. The lowest BCUT2D eigenvalue weighted by Gasteiger charge is -2.25. The first kappa shape index (κ1) is 21.8. The number of aliphatic hydroxyl groups excluding tert-OH is 1. The van der Waals surface area contributed by atoms with Gasteiger partial charge in [0.1, 0.15) is 6.10 Å². The molecule has 0 spiro atoms. The average Bonchev–Trinajstić information content (AvgIpc) is 2.76. The summed E-state index contributed by atoms with van der Waals surface area (Å²) in [7, 11) is 0. The van der Waals surface area contributed by atoms with Crippen LogP contribution in [0.3, 0.4) is 0 Å². The molecule has 5 nitrogen and oxygen atoms in total. The number of hydrogen-bond acceptors (Lipinski definition) is 5. The zero-order valence-electron chi connectivity index (χ0n) is 16.5. The summed E-state index contributed by atoms with van der Waals surface area (Å²) in [6.07, 6.45) is -2.03. The van der Waals surface area contributed by atoms with Crippen molar-refractivity contribution >= 4 is 0 Å². The van der Waals surface area contributed by atoms with Gasteiger partial charge in [-0.15, -0.1) is 0 Å². The van der Waals surface area contributed by atoms with Gasteiger partial charge in [-0.2, -0.15) is 0 Å². The molecule has 30 heavy (non-hydrogen) atoms. The normalized spacial score (nSPS) is 13.0. The second kappa shape index (κ2) is 11.3. The Labute approximate surface area is 175 Å². The van der Waals surface area contributed by atoms with Gasteiger partial charge in [0, 0.05) is 0 Å². The van der Waals surface area contributed by atoms with E-state index in [0.29, 0.717) is 13.2 Å². The molecule has 0 aliphatic heterocycles.